The first-order chi connectivity index (χ1) is 16.6. The molecular weight excluding hydrogens is 446 g/mol. The van der Waals surface area contributed by atoms with Gasteiger partial charge in [-0.15, -0.1) is 0 Å². The van der Waals surface area contributed by atoms with Gasteiger partial charge in [0.1, 0.15) is 13.2 Å². The van der Waals surface area contributed by atoms with Crippen molar-refractivity contribution in [2.45, 2.75) is 57.7 Å². The number of hydrogen-bond donors (Lipinski definition) is 2. The minimum absolute atomic E-state index is 0.0818. The van der Waals surface area contributed by atoms with Gasteiger partial charge in [0.15, 0.2) is 16.6 Å². The maximum atomic E-state index is 13.1. The molecule has 178 valence electrons. The summed E-state index contributed by atoms with van der Waals surface area (Å²) in [6.07, 6.45) is 5.82. The van der Waals surface area contributed by atoms with Gasteiger partial charge in [0.05, 0.1) is 18.1 Å². The second-order valence-electron chi connectivity index (χ2n) is 9.21. The summed E-state index contributed by atoms with van der Waals surface area (Å²) in [7, 11) is 0. The zero-order chi connectivity index (χ0) is 23.5. The summed E-state index contributed by atoms with van der Waals surface area (Å²) in [5.41, 5.74) is 2.54. The van der Waals surface area contributed by atoms with Crippen molar-refractivity contribution in [1.82, 2.24) is 15.2 Å². The maximum absolute atomic E-state index is 13.1. The fourth-order valence-electron chi connectivity index (χ4n) is 4.94. The monoisotopic (exact) mass is 477 g/mol. The Labute approximate surface area is 205 Å². The topological polar surface area (TPSA) is 66.6 Å². The number of pyridine rings is 1. The Morgan fingerprint density at radius 2 is 1.79 bits per heavy atom. The second kappa shape index (κ2) is 10.1. The average molecular weight is 478 g/mol. The first-order valence-corrected chi connectivity index (χ1v) is 12.6. The van der Waals surface area contributed by atoms with E-state index in [1.807, 2.05) is 36.4 Å². The molecule has 1 aliphatic carbocycles. The highest BCUT2D eigenvalue weighted by Crippen LogP contribution is 2.34. The molecule has 1 unspecified atom stereocenters. The third-order valence-electron chi connectivity index (χ3n) is 6.84. The zero-order valence-corrected chi connectivity index (χ0v) is 20.3. The predicted molar refractivity (Wildman–Crippen MR) is 139 cm³/mol. The molecule has 1 saturated carbocycles. The highest BCUT2D eigenvalue weighted by Gasteiger charge is 2.25. The van der Waals surface area contributed by atoms with Gasteiger partial charge >= 0.3 is 0 Å². The van der Waals surface area contributed by atoms with Crippen LogP contribution in [0.5, 0.6) is 11.5 Å². The SMILES string of the molecule is CC(NC(=S)N(Cc1cc2cc3c(cc2[nH]c1=O)OCCO3)C1CCCCC1)c1ccccc1. The number of benzene rings is 2. The number of aromatic nitrogens is 1. The molecule has 0 saturated heterocycles. The molecule has 2 aromatic carbocycles. The molecule has 3 aromatic rings. The maximum Gasteiger partial charge on any atom is 0.253 e. The van der Waals surface area contributed by atoms with Gasteiger partial charge in [-0.25, -0.2) is 0 Å². The van der Waals surface area contributed by atoms with Crippen LogP contribution in [-0.4, -0.2) is 34.3 Å². The molecule has 0 spiro atoms. The van der Waals surface area contributed by atoms with Crippen LogP contribution in [0.4, 0.5) is 0 Å². The average Bonchev–Trinajstić information content (AvgIpc) is 2.87. The van der Waals surface area contributed by atoms with Crippen LogP contribution >= 0.6 is 12.2 Å². The first kappa shape index (κ1) is 22.7. The summed E-state index contributed by atoms with van der Waals surface area (Å²) in [6.45, 7) is 3.64. The Bertz CT molecular complexity index is 1220. The van der Waals surface area contributed by atoms with Crippen molar-refractivity contribution in [3.05, 3.63) is 70.0 Å². The van der Waals surface area contributed by atoms with E-state index in [9.17, 15) is 4.79 Å². The van der Waals surface area contributed by atoms with Gasteiger partial charge in [0.2, 0.25) is 0 Å². The lowest BCUT2D eigenvalue weighted by molar-refractivity contribution is 0.172. The van der Waals surface area contributed by atoms with E-state index < -0.39 is 0 Å². The summed E-state index contributed by atoms with van der Waals surface area (Å²) in [4.78, 5) is 18.3. The Hall–Kier alpha value is -3.06. The number of hydrogen-bond acceptors (Lipinski definition) is 4. The van der Waals surface area contributed by atoms with Gasteiger partial charge in [-0.2, -0.15) is 0 Å². The van der Waals surface area contributed by atoms with Crippen LogP contribution in [0.2, 0.25) is 0 Å². The van der Waals surface area contributed by atoms with E-state index in [0.29, 0.717) is 42.2 Å². The van der Waals surface area contributed by atoms with E-state index >= 15 is 0 Å². The number of aromatic amines is 1. The van der Waals surface area contributed by atoms with Crippen LogP contribution in [0.1, 0.15) is 56.2 Å². The van der Waals surface area contributed by atoms with Crippen molar-refractivity contribution >= 4 is 28.2 Å². The molecule has 7 heteroatoms. The Morgan fingerprint density at radius 3 is 2.53 bits per heavy atom. The first-order valence-electron chi connectivity index (χ1n) is 12.2. The van der Waals surface area contributed by atoms with Crippen molar-refractivity contribution in [2.75, 3.05) is 13.2 Å². The van der Waals surface area contributed by atoms with E-state index in [-0.39, 0.29) is 11.6 Å². The van der Waals surface area contributed by atoms with Gasteiger partial charge in [0.25, 0.3) is 5.56 Å². The number of rotatable bonds is 5. The lowest BCUT2D eigenvalue weighted by Crippen LogP contribution is -2.47. The van der Waals surface area contributed by atoms with Crippen molar-refractivity contribution in [3.63, 3.8) is 0 Å². The van der Waals surface area contributed by atoms with E-state index in [2.05, 4.69) is 34.3 Å². The van der Waals surface area contributed by atoms with Crippen molar-refractivity contribution in [2.24, 2.45) is 0 Å². The van der Waals surface area contributed by atoms with Gasteiger partial charge in [-0.05, 0) is 49.7 Å². The van der Waals surface area contributed by atoms with E-state index in [0.717, 1.165) is 29.5 Å². The predicted octanol–water partition coefficient (Wildman–Crippen LogP) is 5.07. The molecule has 6 nitrogen and oxygen atoms in total. The molecule has 2 aliphatic rings. The minimum atomic E-state index is -0.0936. The molecule has 1 atom stereocenters. The van der Waals surface area contributed by atoms with Gasteiger partial charge in [-0.1, -0.05) is 49.6 Å². The fourth-order valence-corrected chi connectivity index (χ4v) is 5.33. The molecule has 0 amide bonds. The number of nitrogens with zero attached hydrogens (tertiary/aromatic N) is 1. The summed E-state index contributed by atoms with van der Waals surface area (Å²) in [5.74, 6) is 1.39. The minimum Gasteiger partial charge on any atom is -0.486 e. The van der Waals surface area contributed by atoms with E-state index in [1.54, 1.807) is 0 Å². The second-order valence-corrected chi connectivity index (χ2v) is 9.60. The van der Waals surface area contributed by atoms with Crippen molar-refractivity contribution in [1.29, 1.82) is 0 Å². The van der Waals surface area contributed by atoms with Gasteiger partial charge in [0, 0.05) is 23.1 Å². The zero-order valence-electron chi connectivity index (χ0n) is 19.5. The standard InChI is InChI=1S/C27H31N3O3S/c1-18(19-8-4-2-5-9-19)28-27(34)30(22-10-6-3-7-11-22)17-21-14-20-15-24-25(33-13-12-32-24)16-23(20)29-26(21)31/h2,4-5,8-9,14-16,18,22H,3,6-7,10-13,17H2,1H3,(H,28,34)(H,29,31). The smallest absolute Gasteiger partial charge is 0.253 e. The number of thiocarbonyl (C=S) groups is 1. The molecule has 1 fully saturated rings. The van der Waals surface area contributed by atoms with Crippen LogP contribution in [0.25, 0.3) is 10.9 Å². The number of nitrogens with one attached hydrogen (secondary N) is 2. The Morgan fingerprint density at radius 1 is 1.09 bits per heavy atom. The van der Waals surface area contributed by atoms with Crippen LogP contribution in [0, 0.1) is 0 Å². The highest BCUT2D eigenvalue weighted by atomic mass is 32.1. The number of ether oxygens (including phenoxy) is 2. The van der Waals surface area contributed by atoms with Crippen LogP contribution < -0.4 is 20.3 Å². The van der Waals surface area contributed by atoms with Crippen molar-refractivity contribution < 1.29 is 9.47 Å². The van der Waals surface area contributed by atoms with Crippen molar-refractivity contribution in [3.8, 4) is 11.5 Å². The highest BCUT2D eigenvalue weighted by molar-refractivity contribution is 7.80. The summed E-state index contributed by atoms with van der Waals surface area (Å²) in [5, 5.41) is 5.15. The van der Waals surface area contributed by atoms with E-state index in [4.69, 9.17) is 21.7 Å². The van der Waals surface area contributed by atoms with Crippen LogP contribution in [-0.2, 0) is 6.54 Å². The summed E-state index contributed by atoms with van der Waals surface area (Å²) >= 11 is 5.92. The molecule has 0 radical (unpaired) electrons. The summed E-state index contributed by atoms with van der Waals surface area (Å²) in [6, 6.07) is 16.5. The lowest BCUT2D eigenvalue weighted by atomic mass is 9.94. The molecule has 34 heavy (non-hydrogen) atoms. The fraction of sp³-hybridized carbons (Fsp3) is 0.407. The van der Waals surface area contributed by atoms with Crippen LogP contribution in [0.3, 0.4) is 0 Å². The van der Waals surface area contributed by atoms with Gasteiger partial charge < -0.3 is 24.7 Å². The quantitative estimate of drug-likeness (QED) is 0.500. The molecule has 2 heterocycles. The lowest BCUT2D eigenvalue weighted by Gasteiger charge is -2.37. The van der Waals surface area contributed by atoms with E-state index in [1.165, 1.54) is 24.8 Å². The molecule has 1 aromatic heterocycles. The normalized spacial score (nSPS) is 16.7. The summed E-state index contributed by atoms with van der Waals surface area (Å²) < 4.78 is 11.4. The number of fused-ring (bicyclic) bond motifs is 2. The largest absolute Gasteiger partial charge is 0.486 e. The third kappa shape index (κ3) is 4.89. The molecule has 0 bridgehead atoms. The molecular formula is C27H31N3O3S. The molecule has 2 N–H and O–H groups in total. The van der Waals surface area contributed by atoms with Crippen LogP contribution in [0.15, 0.2) is 53.3 Å². The third-order valence-corrected chi connectivity index (χ3v) is 7.19. The molecule has 5 rings (SSSR count). The van der Waals surface area contributed by atoms with Gasteiger partial charge in [-0.3, -0.25) is 4.79 Å². The molecule has 1 aliphatic heterocycles. The Kier molecular flexibility index (Phi) is 6.72. The Balaban J connectivity index is 1.42. The number of H-pyrrole nitrogens is 1.